The van der Waals surface area contributed by atoms with Crippen LogP contribution in [-0.2, 0) is 4.79 Å². The first-order valence-electron chi connectivity index (χ1n) is 5.65. The lowest BCUT2D eigenvalue weighted by Crippen LogP contribution is -2.29. The molecule has 1 rings (SSSR count). The average Bonchev–Trinajstić information content (AvgIpc) is 2.30. The molecule has 0 aliphatic carbocycles. The highest BCUT2D eigenvalue weighted by Gasteiger charge is 2.18. The van der Waals surface area contributed by atoms with Gasteiger partial charge in [-0.25, -0.2) is 4.39 Å². The van der Waals surface area contributed by atoms with Crippen molar-refractivity contribution in [1.29, 1.82) is 0 Å². The second-order valence-corrected chi connectivity index (χ2v) is 5.22. The molecule has 1 aromatic carbocycles. The molecule has 0 aromatic heterocycles. The van der Waals surface area contributed by atoms with Crippen molar-refractivity contribution in [2.45, 2.75) is 19.8 Å². The van der Waals surface area contributed by atoms with Gasteiger partial charge < -0.3 is 11.1 Å². The summed E-state index contributed by atoms with van der Waals surface area (Å²) in [6.45, 7) is 2.26. The maximum absolute atomic E-state index is 13.0. The maximum atomic E-state index is 13.0. The molecule has 0 aliphatic rings. The first-order valence-corrected chi connectivity index (χ1v) is 6.82. The van der Waals surface area contributed by atoms with Crippen molar-refractivity contribution in [3.63, 3.8) is 0 Å². The number of rotatable bonds is 5. The highest BCUT2D eigenvalue weighted by molar-refractivity contribution is 9.10. The minimum absolute atomic E-state index is 0.155. The van der Waals surface area contributed by atoms with Gasteiger partial charge >= 0.3 is 0 Å². The van der Waals surface area contributed by atoms with Crippen LogP contribution in [0.4, 0.5) is 10.1 Å². The molecule has 0 aliphatic heterocycles. The van der Waals surface area contributed by atoms with Gasteiger partial charge in [0.05, 0.1) is 16.6 Å². The van der Waals surface area contributed by atoms with Crippen LogP contribution in [0.2, 0.25) is 5.02 Å². The summed E-state index contributed by atoms with van der Waals surface area (Å²) in [5.41, 5.74) is 5.92. The Bertz CT molecular complexity index is 419. The van der Waals surface area contributed by atoms with Gasteiger partial charge in [-0.05, 0) is 34.5 Å². The third kappa shape index (κ3) is 3.93. The number of hydrogen-bond acceptors (Lipinski definition) is 2. The van der Waals surface area contributed by atoms with E-state index in [1.54, 1.807) is 0 Å². The summed E-state index contributed by atoms with van der Waals surface area (Å²) in [5, 5.41) is 2.83. The Hall–Kier alpha value is -0.650. The number of halogens is 3. The zero-order valence-electron chi connectivity index (χ0n) is 9.97. The van der Waals surface area contributed by atoms with Gasteiger partial charge in [0, 0.05) is 11.0 Å². The monoisotopic (exact) mass is 336 g/mol. The number of nitrogens with one attached hydrogen (secondary N) is 1. The van der Waals surface area contributed by atoms with Crippen LogP contribution in [0.1, 0.15) is 19.8 Å². The molecule has 0 saturated carbocycles. The molecular formula is C12H15BrClFN2O. The molecule has 0 spiro atoms. The van der Waals surface area contributed by atoms with Crippen molar-refractivity contribution in [1.82, 2.24) is 0 Å². The minimum Gasteiger partial charge on any atom is -0.330 e. The van der Waals surface area contributed by atoms with Crippen molar-refractivity contribution in [3.8, 4) is 0 Å². The zero-order chi connectivity index (χ0) is 13.7. The SMILES string of the molecule is CCCC(CN)C(=O)Nc1c(Cl)cc(F)cc1Br. The Balaban J connectivity index is 2.87. The maximum Gasteiger partial charge on any atom is 0.228 e. The lowest BCUT2D eigenvalue weighted by molar-refractivity contribution is -0.119. The molecule has 0 radical (unpaired) electrons. The van der Waals surface area contributed by atoms with E-state index in [-0.39, 0.29) is 23.4 Å². The molecule has 0 saturated heterocycles. The quantitative estimate of drug-likeness (QED) is 0.863. The molecule has 1 amide bonds. The fourth-order valence-corrected chi connectivity index (χ4v) is 2.49. The van der Waals surface area contributed by atoms with Crippen molar-refractivity contribution < 1.29 is 9.18 Å². The molecule has 1 unspecified atom stereocenters. The number of nitrogens with two attached hydrogens (primary N) is 1. The van der Waals surface area contributed by atoms with Crippen molar-refractivity contribution in [3.05, 3.63) is 27.4 Å². The van der Waals surface area contributed by atoms with Gasteiger partial charge in [0.25, 0.3) is 0 Å². The lowest BCUT2D eigenvalue weighted by Gasteiger charge is -2.15. The molecule has 1 aromatic rings. The first kappa shape index (κ1) is 15.4. The van der Waals surface area contributed by atoms with Crippen molar-refractivity contribution in [2.24, 2.45) is 11.7 Å². The van der Waals surface area contributed by atoms with E-state index in [9.17, 15) is 9.18 Å². The van der Waals surface area contributed by atoms with Gasteiger partial charge in [0.1, 0.15) is 5.82 Å². The summed E-state index contributed by atoms with van der Waals surface area (Å²) in [6.07, 6.45) is 1.58. The van der Waals surface area contributed by atoms with Crippen LogP contribution in [0.5, 0.6) is 0 Å². The third-order valence-corrected chi connectivity index (χ3v) is 3.47. The Kier molecular flexibility index (Phi) is 6.05. The van der Waals surface area contributed by atoms with E-state index in [2.05, 4.69) is 21.2 Å². The summed E-state index contributed by atoms with van der Waals surface area (Å²) in [5.74, 6) is -0.926. The van der Waals surface area contributed by atoms with E-state index >= 15 is 0 Å². The number of benzene rings is 1. The predicted molar refractivity (Wildman–Crippen MR) is 75.2 cm³/mol. The van der Waals surface area contributed by atoms with Crippen LogP contribution in [0.15, 0.2) is 16.6 Å². The van der Waals surface area contributed by atoms with Gasteiger partial charge in [-0.15, -0.1) is 0 Å². The Labute approximate surface area is 119 Å². The van der Waals surface area contributed by atoms with E-state index in [0.29, 0.717) is 16.6 Å². The second-order valence-electron chi connectivity index (χ2n) is 3.95. The number of amides is 1. The van der Waals surface area contributed by atoms with Gasteiger partial charge in [-0.2, -0.15) is 0 Å². The molecule has 0 bridgehead atoms. The Morgan fingerprint density at radius 2 is 2.28 bits per heavy atom. The molecule has 0 heterocycles. The van der Waals surface area contributed by atoms with Gasteiger partial charge in [-0.1, -0.05) is 24.9 Å². The number of carbonyl (C=O) groups is 1. The number of hydrogen-bond donors (Lipinski definition) is 2. The van der Waals surface area contributed by atoms with E-state index in [1.807, 2.05) is 6.92 Å². The van der Waals surface area contributed by atoms with Crippen LogP contribution < -0.4 is 11.1 Å². The summed E-state index contributed by atoms with van der Waals surface area (Å²) >= 11 is 9.05. The van der Waals surface area contributed by atoms with Crippen LogP contribution in [0, 0.1) is 11.7 Å². The topological polar surface area (TPSA) is 55.1 Å². The summed E-state index contributed by atoms with van der Waals surface area (Å²) in [7, 11) is 0. The first-order chi connectivity index (χ1) is 8.49. The fourth-order valence-electron chi connectivity index (χ4n) is 1.59. The second kappa shape index (κ2) is 7.07. The fraction of sp³-hybridized carbons (Fsp3) is 0.417. The average molecular weight is 338 g/mol. The van der Waals surface area contributed by atoms with Gasteiger partial charge in [-0.3, -0.25) is 4.79 Å². The van der Waals surface area contributed by atoms with Gasteiger partial charge in [0.2, 0.25) is 5.91 Å². The van der Waals surface area contributed by atoms with Crippen molar-refractivity contribution >= 4 is 39.1 Å². The van der Waals surface area contributed by atoms with E-state index in [0.717, 1.165) is 12.5 Å². The summed E-state index contributed by atoms with van der Waals surface area (Å²) in [4.78, 5) is 12.0. The summed E-state index contributed by atoms with van der Waals surface area (Å²) in [6, 6.07) is 2.40. The standard InChI is InChI=1S/C12H15BrClFN2O/c1-2-3-7(6-16)12(18)17-11-9(13)4-8(15)5-10(11)14/h4-5,7H,2-3,6,16H2,1H3,(H,17,18). The normalized spacial score (nSPS) is 12.3. The number of carbonyl (C=O) groups excluding carboxylic acids is 1. The molecule has 0 fully saturated rings. The highest BCUT2D eigenvalue weighted by atomic mass is 79.9. The minimum atomic E-state index is -0.464. The third-order valence-electron chi connectivity index (χ3n) is 2.55. The van der Waals surface area contributed by atoms with Crippen molar-refractivity contribution in [2.75, 3.05) is 11.9 Å². The van der Waals surface area contributed by atoms with Crippen LogP contribution in [0.25, 0.3) is 0 Å². The largest absolute Gasteiger partial charge is 0.330 e. The Morgan fingerprint density at radius 3 is 2.78 bits per heavy atom. The molecule has 3 N–H and O–H groups in total. The molecule has 3 nitrogen and oxygen atoms in total. The van der Waals surface area contributed by atoms with Crippen LogP contribution >= 0.6 is 27.5 Å². The zero-order valence-corrected chi connectivity index (χ0v) is 12.3. The summed E-state index contributed by atoms with van der Waals surface area (Å²) < 4.78 is 13.5. The van der Waals surface area contributed by atoms with Crippen LogP contribution in [-0.4, -0.2) is 12.5 Å². The van der Waals surface area contributed by atoms with E-state index < -0.39 is 5.82 Å². The predicted octanol–water partition coefficient (Wildman–Crippen LogP) is 3.56. The van der Waals surface area contributed by atoms with E-state index in [4.69, 9.17) is 17.3 Å². The molecule has 100 valence electrons. The molecule has 18 heavy (non-hydrogen) atoms. The smallest absolute Gasteiger partial charge is 0.228 e. The van der Waals surface area contributed by atoms with E-state index in [1.165, 1.54) is 6.07 Å². The lowest BCUT2D eigenvalue weighted by atomic mass is 10.0. The Morgan fingerprint density at radius 1 is 1.61 bits per heavy atom. The van der Waals surface area contributed by atoms with Crippen LogP contribution in [0.3, 0.4) is 0 Å². The molecule has 6 heteroatoms. The highest BCUT2D eigenvalue weighted by Crippen LogP contribution is 2.32. The van der Waals surface area contributed by atoms with Gasteiger partial charge in [0.15, 0.2) is 0 Å². The molecule has 1 atom stereocenters. The molecular weight excluding hydrogens is 322 g/mol. The number of anilines is 1.